The zero-order chi connectivity index (χ0) is 22.6. The lowest BCUT2D eigenvalue weighted by atomic mass is 10.1. The molecule has 0 aromatic heterocycles. The van der Waals surface area contributed by atoms with Crippen molar-refractivity contribution in [1.82, 2.24) is 0 Å². The lowest BCUT2D eigenvalue weighted by molar-refractivity contribution is 0.0500. The van der Waals surface area contributed by atoms with E-state index in [9.17, 15) is 9.59 Å². The Hall–Kier alpha value is -3.60. The van der Waals surface area contributed by atoms with Gasteiger partial charge in [0.25, 0.3) is 0 Å². The van der Waals surface area contributed by atoms with Gasteiger partial charge in [0.05, 0.1) is 24.3 Å². The molecule has 0 saturated carbocycles. The SMILES string of the molecule is CCCCOc1ccc(C(=O)Oc2ccc(C(=O)OCCCc3ccccc3)cc2)cc1. The molecular formula is C27H28O5. The molecule has 0 bridgehead atoms. The molecule has 0 unspecified atom stereocenters. The fourth-order valence-electron chi connectivity index (χ4n) is 3.02. The Morgan fingerprint density at radius 3 is 1.97 bits per heavy atom. The highest BCUT2D eigenvalue weighted by molar-refractivity contribution is 5.92. The molecule has 0 aliphatic carbocycles. The maximum Gasteiger partial charge on any atom is 0.343 e. The monoisotopic (exact) mass is 432 g/mol. The third-order valence-electron chi connectivity index (χ3n) is 4.84. The Morgan fingerprint density at radius 1 is 0.688 bits per heavy atom. The number of aryl methyl sites for hydroxylation is 1. The molecule has 0 fully saturated rings. The van der Waals surface area contributed by atoms with Gasteiger partial charge in [-0.1, -0.05) is 43.7 Å². The third-order valence-corrected chi connectivity index (χ3v) is 4.84. The quantitative estimate of drug-likeness (QED) is 0.215. The summed E-state index contributed by atoms with van der Waals surface area (Å²) in [5.74, 6) is 0.219. The van der Waals surface area contributed by atoms with Gasteiger partial charge in [-0.2, -0.15) is 0 Å². The first-order valence-corrected chi connectivity index (χ1v) is 10.9. The third kappa shape index (κ3) is 7.27. The highest BCUT2D eigenvalue weighted by Gasteiger charge is 2.11. The van der Waals surface area contributed by atoms with E-state index < -0.39 is 11.9 Å². The van der Waals surface area contributed by atoms with Crippen molar-refractivity contribution in [2.75, 3.05) is 13.2 Å². The zero-order valence-corrected chi connectivity index (χ0v) is 18.3. The summed E-state index contributed by atoms with van der Waals surface area (Å²) in [5, 5.41) is 0. The van der Waals surface area contributed by atoms with Gasteiger partial charge in [0.1, 0.15) is 11.5 Å². The molecule has 0 atom stereocenters. The number of hydrogen-bond donors (Lipinski definition) is 0. The molecule has 3 rings (SSSR count). The van der Waals surface area contributed by atoms with E-state index in [-0.39, 0.29) is 0 Å². The van der Waals surface area contributed by atoms with Crippen LogP contribution in [0.2, 0.25) is 0 Å². The van der Waals surface area contributed by atoms with Gasteiger partial charge < -0.3 is 14.2 Å². The molecule has 5 nitrogen and oxygen atoms in total. The Labute approximate surface area is 188 Å². The molecule has 0 radical (unpaired) electrons. The Kier molecular flexibility index (Phi) is 8.87. The van der Waals surface area contributed by atoms with Crippen LogP contribution in [0.4, 0.5) is 0 Å². The Morgan fingerprint density at radius 2 is 1.31 bits per heavy atom. The van der Waals surface area contributed by atoms with Crippen molar-refractivity contribution in [2.24, 2.45) is 0 Å². The van der Waals surface area contributed by atoms with Gasteiger partial charge >= 0.3 is 11.9 Å². The molecule has 0 N–H and O–H groups in total. The molecule has 5 heteroatoms. The van der Waals surface area contributed by atoms with Gasteiger partial charge in [0.2, 0.25) is 0 Å². The Bertz CT molecular complexity index is 979. The number of hydrogen-bond acceptors (Lipinski definition) is 5. The first-order chi connectivity index (χ1) is 15.7. The predicted octanol–water partition coefficient (Wildman–Crippen LogP) is 5.87. The average molecular weight is 433 g/mol. The normalized spacial score (nSPS) is 10.4. The van der Waals surface area contributed by atoms with Crippen LogP contribution in [-0.2, 0) is 11.2 Å². The van der Waals surface area contributed by atoms with Crippen LogP contribution in [0, 0.1) is 0 Å². The lowest BCUT2D eigenvalue weighted by Gasteiger charge is -2.08. The number of rotatable bonds is 11. The van der Waals surface area contributed by atoms with E-state index >= 15 is 0 Å². The summed E-state index contributed by atoms with van der Waals surface area (Å²) in [6.07, 6.45) is 3.67. The van der Waals surface area contributed by atoms with Gasteiger partial charge in [-0.25, -0.2) is 9.59 Å². The van der Waals surface area contributed by atoms with Gasteiger partial charge in [-0.15, -0.1) is 0 Å². The highest BCUT2D eigenvalue weighted by Crippen LogP contribution is 2.17. The van der Waals surface area contributed by atoms with E-state index in [0.717, 1.165) is 31.4 Å². The average Bonchev–Trinajstić information content (AvgIpc) is 2.83. The molecule has 0 saturated heterocycles. The van der Waals surface area contributed by atoms with Gasteiger partial charge in [0.15, 0.2) is 0 Å². The fourth-order valence-corrected chi connectivity index (χ4v) is 3.02. The smallest absolute Gasteiger partial charge is 0.343 e. The molecule has 3 aromatic rings. The maximum atomic E-state index is 12.3. The van der Waals surface area contributed by atoms with E-state index in [1.54, 1.807) is 48.5 Å². The molecule has 3 aromatic carbocycles. The fraction of sp³-hybridized carbons (Fsp3) is 0.259. The van der Waals surface area contributed by atoms with E-state index in [4.69, 9.17) is 14.2 Å². The summed E-state index contributed by atoms with van der Waals surface area (Å²) in [6, 6.07) is 23.3. The van der Waals surface area contributed by atoms with Gasteiger partial charge in [-0.3, -0.25) is 0 Å². The molecular weight excluding hydrogens is 404 g/mol. The highest BCUT2D eigenvalue weighted by atomic mass is 16.5. The summed E-state index contributed by atoms with van der Waals surface area (Å²) in [7, 11) is 0. The second kappa shape index (κ2) is 12.3. The van der Waals surface area contributed by atoms with Crippen molar-refractivity contribution >= 4 is 11.9 Å². The van der Waals surface area contributed by atoms with Gasteiger partial charge in [-0.05, 0) is 73.4 Å². The first-order valence-electron chi connectivity index (χ1n) is 10.9. The van der Waals surface area contributed by atoms with Crippen LogP contribution in [0.3, 0.4) is 0 Å². The van der Waals surface area contributed by atoms with Crippen molar-refractivity contribution in [1.29, 1.82) is 0 Å². The number of carbonyl (C=O) groups excluding carboxylic acids is 2. The topological polar surface area (TPSA) is 61.8 Å². The molecule has 32 heavy (non-hydrogen) atoms. The summed E-state index contributed by atoms with van der Waals surface area (Å²) in [6.45, 7) is 3.11. The minimum atomic E-state index is -0.471. The summed E-state index contributed by atoms with van der Waals surface area (Å²) in [4.78, 5) is 24.5. The minimum absolute atomic E-state index is 0.350. The van der Waals surface area contributed by atoms with Crippen molar-refractivity contribution in [3.63, 3.8) is 0 Å². The second-order valence-electron chi connectivity index (χ2n) is 7.37. The molecule has 0 aliphatic heterocycles. The zero-order valence-electron chi connectivity index (χ0n) is 18.3. The van der Waals surface area contributed by atoms with Crippen LogP contribution >= 0.6 is 0 Å². The molecule has 0 heterocycles. The molecule has 0 spiro atoms. The van der Waals surface area contributed by atoms with Crippen molar-refractivity contribution in [3.8, 4) is 11.5 Å². The molecule has 166 valence electrons. The van der Waals surface area contributed by atoms with Crippen molar-refractivity contribution in [3.05, 3.63) is 95.6 Å². The van der Waals surface area contributed by atoms with Crippen molar-refractivity contribution < 1.29 is 23.8 Å². The van der Waals surface area contributed by atoms with E-state index in [1.807, 2.05) is 18.2 Å². The van der Waals surface area contributed by atoms with E-state index in [0.29, 0.717) is 30.1 Å². The molecule has 0 amide bonds. The number of esters is 2. The van der Waals surface area contributed by atoms with E-state index in [2.05, 4.69) is 19.1 Å². The van der Waals surface area contributed by atoms with Crippen molar-refractivity contribution in [2.45, 2.75) is 32.6 Å². The Balaban J connectivity index is 1.44. The second-order valence-corrected chi connectivity index (χ2v) is 7.37. The van der Waals surface area contributed by atoms with Crippen LogP contribution in [0.25, 0.3) is 0 Å². The lowest BCUT2D eigenvalue weighted by Crippen LogP contribution is -2.09. The van der Waals surface area contributed by atoms with Crippen LogP contribution in [0.5, 0.6) is 11.5 Å². The summed E-state index contributed by atoms with van der Waals surface area (Å²) < 4.78 is 16.3. The van der Waals surface area contributed by atoms with Gasteiger partial charge in [0, 0.05) is 0 Å². The van der Waals surface area contributed by atoms with Crippen LogP contribution in [0.15, 0.2) is 78.9 Å². The maximum absolute atomic E-state index is 12.3. The first kappa shape index (κ1) is 23.1. The van der Waals surface area contributed by atoms with Crippen LogP contribution < -0.4 is 9.47 Å². The predicted molar refractivity (Wildman–Crippen MR) is 123 cm³/mol. The number of benzene rings is 3. The number of unbranched alkanes of at least 4 members (excludes halogenated alkanes) is 1. The standard InChI is InChI=1S/C27H28O5/c1-2-3-19-30-24-15-11-23(12-16-24)27(29)32-25-17-13-22(14-18-25)26(28)31-20-7-10-21-8-5-4-6-9-21/h4-6,8-9,11-18H,2-3,7,10,19-20H2,1H3. The molecule has 0 aliphatic rings. The van der Waals surface area contributed by atoms with Crippen LogP contribution in [-0.4, -0.2) is 25.2 Å². The number of ether oxygens (including phenoxy) is 3. The van der Waals surface area contributed by atoms with Crippen LogP contribution in [0.1, 0.15) is 52.5 Å². The summed E-state index contributed by atoms with van der Waals surface area (Å²) in [5.41, 5.74) is 2.06. The largest absolute Gasteiger partial charge is 0.494 e. The minimum Gasteiger partial charge on any atom is -0.494 e. The number of carbonyl (C=O) groups is 2. The summed E-state index contributed by atoms with van der Waals surface area (Å²) >= 11 is 0. The van der Waals surface area contributed by atoms with E-state index in [1.165, 1.54) is 5.56 Å².